The maximum atomic E-state index is 14.0. The molecule has 218 valence electrons. The van der Waals surface area contributed by atoms with Gasteiger partial charge < -0.3 is 23.8 Å². The minimum Gasteiger partial charge on any atom is -0.493 e. The van der Waals surface area contributed by atoms with Gasteiger partial charge in [0.2, 0.25) is 12.7 Å². The minimum absolute atomic E-state index is 0.00987. The number of piperazine rings is 1. The van der Waals surface area contributed by atoms with Gasteiger partial charge in [0, 0.05) is 38.8 Å². The third-order valence-electron chi connectivity index (χ3n) is 7.28. The molecule has 0 spiro atoms. The van der Waals surface area contributed by atoms with E-state index in [9.17, 15) is 13.2 Å². The van der Waals surface area contributed by atoms with E-state index < -0.39 is 10.0 Å². The monoisotopic (exact) mass is 581 g/mol. The van der Waals surface area contributed by atoms with Crippen molar-refractivity contribution in [2.45, 2.75) is 25.3 Å². The summed E-state index contributed by atoms with van der Waals surface area (Å²) in [7, 11) is -1.18. The standard InChI is InChI=1S/C30H35N3O7S/c1-21-13-22(2)15-24(14-21)33(41(35,36)25-6-8-26(37-3)28(17-25)38-4)19-30(34)32-11-9-31(10-12-32)18-23-5-7-27-29(16-23)40-20-39-27/h5-8,13-17H,9-12,18-20H2,1-4H3. The Balaban J connectivity index is 1.33. The number of anilines is 1. The quantitative estimate of drug-likeness (QED) is 0.378. The van der Waals surface area contributed by atoms with Crippen LogP contribution in [0.4, 0.5) is 5.69 Å². The Morgan fingerprint density at radius 2 is 1.54 bits per heavy atom. The number of nitrogens with zero attached hydrogens (tertiary/aromatic N) is 3. The molecule has 2 aliphatic rings. The lowest BCUT2D eigenvalue weighted by Crippen LogP contribution is -2.51. The molecule has 11 heteroatoms. The first-order chi connectivity index (χ1) is 19.7. The largest absolute Gasteiger partial charge is 0.493 e. The van der Waals surface area contributed by atoms with Gasteiger partial charge in [0.15, 0.2) is 23.0 Å². The number of hydrogen-bond donors (Lipinski definition) is 0. The average Bonchev–Trinajstić information content (AvgIpc) is 3.43. The summed E-state index contributed by atoms with van der Waals surface area (Å²) >= 11 is 0. The summed E-state index contributed by atoms with van der Waals surface area (Å²) in [6, 6.07) is 15.9. The third kappa shape index (κ3) is 6.20. The number of benzene rings is 3. The SMILES string of the molecule is COc1ccc(S(=O)(=O)N(CC(=O)N2CCN(Cc3ccc4c(c3)OCO4)CC2)c2cc(C)cc(C)c2)cc1OC. The summed E-state index contributed by atoms with van der Waals surface area (Å²) in [4.78, 5) is 17.6. The van der Waals surface area contributed by atoms with Crippen molar-refractivity contribution in [1.29, 1.82) is 0 Å². The highest BCUT2D eigenvalue weighted by Gasteiger charge is 2.31. The Kier molecular flexibility index (Phi) is 8.27. The molecule has 0 bridgehead atoms. The summed E-state index contributed by atoms with van der Waals surface area (Å²) in [5, 5.41) is 0. The van der Waals surface area contributed by atoms with Crippen LogP contribution in [-0.2, 0) is 21.4 Å². The van der Waals surface area contributed by atoms with Gasteiger partial charge in [-0.3, -0.25) is 14.0 Å². The van der Waals surface area contributed by atoms with Crippen LogP contribution >= 0.6 is 0 Å². The number of amides is 1. The molecule has 1 fully saturated rings. The van der Waals surface area contributed by atoms with E-state index in [1.165, 1.54) is 30.7 Å². The van der Waals surface area contributed by atoms with Gasteiger partial charge in [-0.2, -0.15) is 0 Å². The molecular weight excluding hydrogens is 546 g/mol. The smallest absolute Gasteiger partial charge is 0.264 e. The zero-order chi connectivity index (χ0) is 29.1. The number of fused-ring (bicyclic) bond motifs is 1. The lowest BCUT2D eigenvalue weighted by Gasteiger charge is -2.36. The van der Waals surface area contributed by atoms with Crippen LogP contribution in [0.3, 0.4) is 0 Å². The summed E-state index contributed by atoms with van der Waals surface area (Å²) < 4.78 is 50.7. The van der Waals surface area contributed by atoms with Crippen molar-refractivity contribution in [2.75, 3.05) is 58.0 Å². The number of rotatable bonds is 9. The molecule has 10 nitrogen and oxygen atoms in total. The zero-order valence-corrected chi connectivity index (χ0v) is 24.6. The van der Waals surface area contributed by atoms with Gasteiger partial charge in [0.05, 0.1) is 24.8 Å². The van der Waals surface area contributed by atoms with E-state index in [1.54, 1.807) is 23.1 Å². The van der Waals surface area contributed by atoms with Crippen molar-refractivity contribution in [3.63, 3.8) is 0 Å². The molecule has 3 aromatic rings. The summed E-state index contributed by atoms with van der Waals surface area (Å²) in [5.74, 6) is 1.95. The van der Waals surface area contributed by atoms with Crippen LogP contribution in [0.2, 0.25) is 0 Å². The Labute approximate surface area is 241 Å². The Morgan fingerprint density at radius 1 is 0.854 bits per heavy atom. The average molecular weight is 582 g/mol. The van der Waals surface area contributed by atoms with Crippen LogP contribution in [0, 0.1) is 13.8 Å². The predicted molar refractivity (Wildman–Crippen MR) is 154 cm³/mol. The molecule has 5 rings (SSSR count). The highest BCUT2D eigenvalue weighted by molar-refractivity contribution is 7.92. The van der Waals surface area contributed by atoms with Crippen LogP contribution in [0.1, 0.15) is 16.7 Å². The van der Waals surface area contributed by atoms with E-state index >= 15 is 0 Å². The maximum Gasteiger partial charge on any atom is 0.264 e. The molecule has 2 aliphatic heterocycles. The van der Waals surface area contributed by atoms with Gasteiger partial charge in [0.25, 0.3) is 10.0 Å². The number of carbonyl (C=O) groups is 1. The fourth-order valence-corrected chi connectivity index (χ4v) is 6.60. The second kappa shape index (κ2) is 11.9. The molecule has 0 aromatic heterocycles. The highest BCUT2D eigenvalue weighted by atomic mass is 32.2. The summed E-state index contributed by atoms with van der Waals surface area (Å²) in [6.07, 6.45) is 0. The van der Waals surface area contributed by atoms with E-state index in [-0.39, 0.29) is 24.1 Å². The molecule has 0 aliphatic carbocycles. The maximum absolute atomic E-state index is 14.0. The lowest BCUT2D eigenvalue weighted by molar-refractivity contribution is -0.131. The van der Waals surface area contributed by atoms with E-state index in [2.05, 4.69) is 4.90 Å². The molecule has 0 atom stereocenters. The lowest BCUT2D eigenvalue weighted by atomic mass is 10.1. The first-order valence-electron chi connectivity index (χ1n) is 13.4. The van der Waals surface area contributed by atoms with Gasteiger partial charge in [-0.05, 0) is 66.9 Å². The number of ether oxygens (including phenoxy) is 4. The van der Waals surface area contributed by atoms with Crippen LogP contribution in [0.5, 0.6) is 23.0 Å². The van der Waals surface area contributed by atoms with Gasteiger partial charge in [-0.15, -0.1) is 0 Å². The zero-order valence-electron chi connectivity index (χ0n) is 23.8. The van der Waals surface area contributed by atoms with E-state index in [4.69, 9.17) is 18.9 Å². The van der Waals surface area contributed by atoms with Crippen LogP contribution in [-0.4, -0.2) is 77.9 Å². The van der Waals surface area contributed by atoms with E-state index in [0.29, 0.717) is 43.4 Å². The van der Waals surface area contributed by atoms with E-state index in [1.807, 2.05) is 38.1 Å². The molecule has 0 unspecified atom stereocenters. The van der Waals surface area contributed by atoms with Crippen molar-refractivity contribution in [3.05, 3.63) is 71.3 Å². The Hall–Kier alpha value is -3.96. The molecule has 0 N–H and O–H groups in total. The molecule has 0 saturated carbocycles. The molecule has 1 amide bonds. The first kappa shape index (κ1) is 28.6. The Morgan fingerprint density at radius 3 is 2.22 bits per heavy atom. The van der Waals surface area contributed by atoms with Gasteiger partial charge >= 0.3 is 0 Å². The number of aryl methyl sites for hydroxylation is 2. The Bertz CT molecular complexity index is 1510. The second-order valence-electron chi connectivity index (χ2n) is 10.2. The van der Waals surface area contributed by atoms with Crippen molar-refractivity contribution < 1.29 is 32.2 Å². The predicted octanol–water partition coefficient (Wildman–Crippen LogP) is 3.59. The molecule has 3 aromatic carbocycles. The van der Waals surface area contributed by atoms with Crippen LogP contribution in [0.25, 0.3) is 0 Å². The van der Waals surface area contributed by atoms with Crippen molar-refractivity contribution in [1.82, 2.24) is 9.80 Å². The van der Waals surface area contributed by atoms with Crippen LogP contribution in [0.15, 0.2) is 59.5 Å². The third-order valence-corrected chi connectivity index (χ3v) is 9.05. The first-order valence-corrected chi connectivity index (χ1v) is 14.8. The molecule has 1 saturated heterocycles. The number of carbonyl (C=O) groups excluding carboxylic acids is 1. The normalized spacial score (nSPS) is 15.1. The second-order valence-corrected chi connectivity index (χ2v) is 12.1. The van der Waals surface area contributed by atoms with Gasteiger partial charge in [0.1, 0.15) is 6.54 Å². The fourth-order valence-electron chi connectivity index (χ4n) is 5.19. The number of methoxy groups -OCH3 is 2. The van der Waals surface area contributed by atoms with E-state index in [0.717, 1.165) is 34.7 Å². The molecular formula is C30H35N3O7S. The van der Waals surface area contributed by atoms with Crippen molar-refractivity contribution >= 4 is 21.6 Å². The number of hydrogen-bond acceptors (Lipinski definition) is 8. The van der Waals surface area contributed by atoms with Gasteiger partial charge in [-0.25, -0.2) is 8.42 Å². The number of sulfonamides is 1. The van der Waals surface area contributed by atoms with Gasteiger partial charge in [-0.1, -0.05) is 12.1 Å². The van der Waals surface area contributed by atoms with Crippen molar-refractivity contribution in [2.24, 2.45) is 0 Å². The summed E-state index contributed by atoms with van der Waals surface area (Å²) in [6.45, 7) is 6.79. The van der Waals surface area contributed by atoms with Crippen molar-refractivity contribution in [3.8, 4) is 23.0 Å². The molecule has 2 heterocycles. The topological polar surface area (TPSA) is 97.9 Å². The van der Waals surface area contributed by atoms with Crippen LogP contribution < -0.4 is 23.3 Å². The fraction of sp³-hybridized carbons (Fsp3) is 0.367. The molecule has 41 heavy (non-hydrogen) atoms. The summed E-state index contributed by atoms with van der Waals surface area (Å²) in [5.41, 5.74) is 3.34. The highest BCUT2D eigenvalue weighted by Crippen LogP contribution is 2.34. The molecule has 0 radical (unpaired) electrons. The minimum atomic E-state index is -4.12.